The number of anilines is 1. The molecular weight excluding hydrogens is 201 g/mol. The van der Waals surface area contributed by atoms with Gasteiger partial charge in [0, 0.05) is 12.2 Å². The number of hydrogen-bond acceptors (Lipinski definition) is 4. The molecule has 0 amide bonds. The van der Waals surface area contributed by atoms with E-state index in [0.29, 0.717) is 10.0 Å². The monoisotopic (exact) mass is 215 g/mol. The Morgan fingerprint density at radius 1 is 1.64 bits per heavy atom. The maximum Gasteiger partial charge on any atom is 0.180 e. The maximum atomic E-state index is 13.9. The van der Waals surface area contributed by atoms with Crippen LogP contribution in [0, 0.1) is 0 Å². The van der Waals surface area contributed by atoms with Gasteiger partial charge in [0.1, 0.15) is 0 Å². The van der Waals surface area contributed by atoms with Gasteiger partial charge in [-0.25, -0.2) is 9.37 Å². The van der Waals surface area contributed by atoms with Crippen molar-refractivity contribution in [1.29, 1.82) is 0 Å². The molecule has 0 bridgehead atoms. The average Bonchev–Trinajstić information content (AvgIpc) is 2.65. The van der Waals surface area contributed by atoms with Crippen LogP contribution in [0.3, 0.4) is 0 Å². The standard InChI is InChI=1S/C9H14FN3S/c10-8(6-3-1-2-4-12-6)7-5-13-9(11)14-7/h5-6,8,12H,1-4H2,(H2,11,13). The number of hydrogen-bond donors (Lipinski definition) is 2. The van der Waals surface area contributed by atoms with Crippen molar-refractivity contribution in [3.8, 4) is 0 Å². The number of nitrogens with two attached hydrogens (primary N) is 1. The van der Waals surface area contributed by atoms with Gasteiger partial charge in [-0.05, 0) is 19.4 Å². The summed E-state index contributed by atoms with van der Waals surface area (Å²) in [5, 5.41) is 3.63. The van der Waals surface area contributed by atoms with Crippen molar-refractivity contribution in [2.24, 2.45) is 0 Å². The number of rotatable bonds is 2. The van der Waals surface area contributed by atoms with Crippen molar-refractivity contribution in [3.63, 3.8) is 0 Å². The van der Waals surface area contributed by atoms with Crippen molar-refractivity contribution in [3.05, 3.63) is 11.1 Å². The molecule has 1 aromatic rings. The van der Waals surface area contributed by atoms with Crippen molar-refractivity contribution < 1.29 is 4.39 Å². The van der Waals surface area contributed by atoms with E-state index in [1.54, 1.807) is 6.20 Å². The number of nitrogens with one attached hydrogen (secondary N) is 1. The lowest BCUT2D eigenvalue weighted by atomic mass is 10.0. The number of alkyl halides is 1. The molecule has 0 aliphatic carbocycles. The molecule has 0 saturated carbocycles. The molecule has 78 valence electrons. The number of nitrogen functional groups attached to an aromatic ring is 1. The first-order valence-corrected chi connectivity index (χ1v) is 5.67. The average molecular weight is 215 g/mol. The summed E-state index contributed by atoms with van der Waals surface area (Å²) in [7, 11) is 0. The predicted molar refractivity (Wildman–Crippen MR) is 56.0 cm³/mol. The van der Waals surface area contributed by atoms with Gasteiger partial charge in [-0.15, -0.1) is 0 Å². The minimum atomic E-state index is -0.954. The summed E-state index contributed by atoms with van der Waals surface area (Å²) in [5.41, 5.74) is 5.47. The fourth-order valence-electron chi connectivity index (χ4n) is 1.76. The number of thiazole rings is 1. The molecular formula is C9H14FN3S. The van der Waals surface area contributed by atoms with Gasteiger partial charge in [0.05, 0.1) is 4.88 Å². The van der Waals surface area contributed by atoms with Crippen LogP contribution in [-0.4, -0.2) is 17.6 Å². The van der Waals surface area contributed by atoms with Crippen molar-refractivity contribution in [2.45, 2.75) is 31.5 Å². The molecule has 2 rings (SSSR count). The van der Waals surface area contributed by atoms with Crippen LogP contribution < -0.4 is 11.1 Å². The van der Waals surface area contributed by atoms with Crippen LogP contribution in [0.2, 0.25) is 0 Å². The highest BCUT2D eigenvalue weighted by Gasteiger charge is 2.25. The smallest absolute Gasteiger partial charge is 0.180 e. The van der Waals surface area contributed by atoms with Crippen LogP contribution in [0.25, 0.3) is 0 Å². The van der Waals surface area contributed by atoms with E-state index in [0.717, 1.165) is 25.8 Å². The van der Waals surface area contributed by atoms with Crippen LogP contribution in [-0.2, 0) is 0 Å². The summed E-state index contributed by atoms with van der Waals surface area (Å²) in [6, 6.07) is -0.0522. The normalized spacial score (nSPS) is 24.8. The Hall–Kier alpha value is -0.680. The van der Waals surface area contributed by atoms with E-state index >= 15 is 0 Å². The van der Waals surface area contributed by atoms with E-state index in [1.807, 2.05) is 0 Å². The second kappa shape index (κ2) is 4.23. The van der Waals surface area contributed by atoms with Gasteiger partial charge in [-0.1, -0.05) is 17.8 Å². The highest BCUT2D eigenvalue weighted by atomic mass is 32.1. The Bertz CT molecular complexity index is 296. The zero-order valence-corrected chi connectivity index (χ0v) is 8.69. The van der Waals surface area contributed by atoms with E-state index in [2.05, 4.69) is 10.3 Å². The molecule has 0 aromatic carbocycles. The molecule has 14 heavy (non-hydrogen) atoms. The van der Waals surface area contributed by atoms with E-state index < -0.39 is 6.17 Å². The first-order chi connectivity index (χ1) is 6.77. The molecule has 2 unspecified atom stereocenters. The number of nitrogens with zero attached hydrogens (tertiary/aromatic N) is 1. The SMILES string of the molecule is Nc1ncc(C(F)C2CCCCN2)s1. The molecule has 5 heteroatoms. The van der Waals surface area contributed by atoms with Gasteiger partial charge in [0.2, 0.25) is 0 Å². The van der Waals surface area contributed by atoms with Crippen molar-refractivity contribution in [2.75, 3.05) is 12.3 Å². The summed E-state index contributed by atoms with van der Waals surface area (Å²) in [5.74, 6) is 0. The minimum Gasteiger partial charge on any atom is -0.375 e. The van der Waals surface area contributed by atoms with Gasteiger partial charge in [0.15, 0.2) is 11.3 Å². The molecule has 1 fully saturated rings. The van der Waals surface area contributed by atoms with Crippen molar-refractivity contribution in [1.82, 2.24) is 10.3 Å². The lowest BCUT2D eigenvalue weighted by Gasteiger charge is -2.25. The second-order valence-electron chi connectivity index (χ2n) is 3.56. The molecule has 1 aromatic heterocycles. The third-order valence-electron chi connectivity index (χ3n) is 2.51. The summed E-state index contributed by atoms with van der Waals surface area (Å²) in [4.78, 5) is 4.50. The molecule has 1 aliphatic heterocycles. The largest absolute Gasteiger partial charge is 0.375 e. The van der Waals surface area contributed by atoms with Crippen LogP contribution in [0.15, 0.2) is 6.20 Å². The third-order valence-corrected chi connectivity index (χ3v) is 3.40. The number of piperidine rings is 1. The Kier molecular flexibility index (Phi) is 2.98. The first-order valence-electron chi connectivity index (χ1n) is 4.86. The molecule has 1 saturated heterocycles. The minimum absolute atomic E-state index is 0.0522. The molecule has 2 heterocycles. The van der Waals surface area contributed by atoms with E-state index in [4.69, 9.17) is 5.73 Å². The summed E-state index contributed by atoms with van der Waals surface area (Å²) in [6.45, 7) is 0.916. The van der Waals surface area contributed by atoms with Gasteiger partial charge in [0.25, 0.3) is 0 Å². The number of aromatic nitrogens is 1. The quantitative estimate of drug-likeness (QED) is 0.792. The summed E-state index contributed by atoms with van der Waals surface area (Å²) in [6.07, 6.45) is 3.74. The van der Waals surface area contributed by atoms with Crippen molar-refractivity contribution >= 4 is 16.5 Å². The van der Waals surface area contributed by atoms with Gasteiger partial charge in [-0.2, -0.15) is 0 Å². The van der Waals surface area contributed by atoms with Crippen LogP contribution in [0.1, 0.15) is 30.3 Å². The fraction of sp³-hybridized carbons (Fsp3) is 0.667. The maximum absolute atomic E-state index is 13.9. The van der Waals surface area contributed by atoms with E-state index in [1.165, 1.54) is 11.3 Å². The fourth-order valence-corrected chi connectivity index (χ4v) is 2.48. The Morgan fingerprint density at radius 3 is 3.07 bits per heavy atom. The molecule has 3 nitrogen and oxygen atoms in total. The Morgan fingerprint density at radius 2 is 2.50 bits per heavy atom. The zero-order chi connectivity index (χ0) is 9.97. The lowest BCUT2D eigenvalue weighted by Crippen LogP contribution is -2.37. The topological polar surface area (TPSA) is 50.9 Å². The Balaban J connectivity index is 2.03. The number of halogens is 1. The van der Waals surface area contributed by atoms with Gasteiger partial charge >= 0.3 is 0 Å². The summed E-state index contributed by atoms with van der Waals surface area (Å²) >= 11 is 1.24. The molecule has 0 spiro atoms. The van der Waals surface area contributed by atoms with Crippen LogP contribution in [0.5, 0.6) is 0 Å². The third kappa shape index (κ3) is 2.04. The Labute approximate surface area is 86.5 Å². The first kappa shape index (κ1) is 9.86. The van der Waals surface area contributed by atoms with E-state index in [9.17, 15) is 4.39 Å². The molecule has 1 aliphatic rings. The lowest BCUT2D eigenvalue weighted by molar-refractivity contribution is 0.224. The van der Waals surface area contributed by atoms with Crippen LogP contribution in [0.4, 0.5) is 9.52 Å². The van der Waals surface area contributed by atoms with Gasteiger partial charge < -0.3 is 11.1 Å². The second-order valence-corrected chi connectivity index (χ2v) is 4.65. The predicted octanol–water partition coefficient (Wildman–Crippen LogP) is 1.88. The van der Waals surface area contributed by atoms with Crippen LogP contribution >= 0.6 is 11.3 Å². The molecule has 2 atom stereocenters. The molecule has 3 N–H and O–H groups in total. The summed E-state index contributed by atoms with van der Waals surface area (Å²) < 4.78 is 13.9. The van der Waals surface area contributed by atoms with E-state index in [-0.39, 0.29) is 6.04 Å². The zero-order valence-electron chi connectivity index (χ0n) is 7.87. The molecule has 0 radical (unpaired) electrons. The highest BCUT2D eigenvalue weighted by molar-refractivity contribution is 7.15. The highest BCUT2D eigenvalue weighted by Crippen LogP contribution is 2.30. The van der Waals surface area contributed by atoms with Gasteiger partial charge in [-0.3, -0.25) is 0 Å².